The lowest BCUT2D eigenvalue weighted by atomic mass is 10.1. The van der Waals surface area contributed by atoms with Gasteiger partial charge in [-0.05, 0) is 36.4 Å². The number of hydrogen-bond donors (Lipinski definition) is 1. The molecule has 1 N–H and O–H groups in total. The Balaban J connectivity index is 1.45. The maximum atomic E-state index is 12.9. The van der Waals surface area contributed by atoms with E-state index in [4.69, 9.17) is 11.6 Å². The van der Waals surface area contributed by atoms with Crippen LogP contribution in [0.15, 0.2) is 48.5 Å². The number of piperazine rings is 1. The highest BCUT2D eigenvalue weighted by Gasteiger charge is 2.43. The van der Waals surface area contributed by atoms with Crippen LogP contribution >= 0.6 is 11.6 Å². The van der Waals surface area contributed by atoms with E-state index >= 15 is 0 Å². The van der Waals surface area contributed by atoms with Gasteiger partial charge in [0.2, 0.25) is 5.91 Å². The highest BCUT2D eigenvalue weighted by Crippen LogP contribution is 2.32. The maximum absolute atomic E-state index is 12.9. The number of aromatic hydroxyl groups is 1. The number of carbonyl (C=O) groups is 2. The molecule has 2 aromatic rings. The number of rotatable bonds is 3. The van der Waals surface area contributed by atoms with Gasteiger partial charge >= 0.3 is 0 Å². The van der Waals surface area contributed by atoms with Crippen molar-refractivity contribution in [2.45, 2.75) is 12.5 Å². The molecule has 1 atom stereocenters. The van der Waals surface area contributed by atoms with Gasteiger partial charge in [-0.25, -0.2) is 4.90 Å². The predicted molar refractivity (Wildman–Crippen MR) is 104 cm³/mol. The third-order valence-corrected chi connectivity index (χ3v) is 5.51. The van der Waals surface area contributed by atoms with Gasteiger partial charge in [0.15, 0.2) is 0 Å². The van der Waals surface area contributed by atoms with Crippen LogP contribution in [0.3, 0.4) is 0 Å². The molecule has 2 heterocycles. The minimum absolute atomic E-state index is 0.184. The Morgan fingerprint density at radius 3 is 2.26 bits per heavy atom. The van der Waals surface area contributed by atoms with Crippen LogP contribution in [0.1, 0.15) is 6.42 Å². The van der Waals surface area contributed by atoms with Crippen molar-refractivity contribution in [2.24, 2.45) is 0 Å². The molecule has 0 unspecified atom stereocenters. The Morgan fingerprint density at radius 2 is 1.59 bits per heavy atom. The van der Waals surface area contributed by atoms with E-state index in [1.54, 1.807) is 36.4 Å². The zero-order chi connectivity index (χ0) is 19.0. The zero-order valence-corrected chi connectivity index (χ0v) is 15.5. The molecule has 0 bridgehead atoms. The Morgan fingerprint density at radius 1 is 0.926 bits per heavy atom. The molecule has 27 heavy (non-hydrogen) atoms. The van der Waals surface area contributed by atoms with Crippen molar-refractivity contribution >= 4 is 34.8 Å². The number of para-hydroxylation sites is 1. The Bertz CT molecular complexity index is 863. The van der Waals surface area contributed by atoms with Crippen molar-refractivity contribution in [2.75, 3.05) is 36.0 Å². The van der Waals surface area contributed by atoms with Crippen molar-refractivity contribution in [3.05, 3.63) is 53.6 Å². The number of amides is 2. The summed E-state index contributed by atoms with van der Waals surface area (Å²) < 4.78 is 0. The first kappa shape index (κ1) is 17.8. The molecule has 0 spiro atoms. The van der Waals surface area contributed by atoms with Crippen molar-refractivity contribution < 1.29 is 14.7 Å². The number of phenols is 1. The summed E-state index contributed by atoms with van der Waals surface area (Å²) in [6.07, 6.45) is 0.184. The van der Waals surface area contributed by atoms with Crippen LogP contribution in [-0.2, 0) is 9.59 Å². The highest BCUT2D eigenvalue weighted by molar-refractivity contribution is 6.36. The van der Waals surface area contributed by atoms with E-state index in [0.717, 1.165) is 18.8 Å². The van der Waals surface area contributed by atoms with Crippen LogP contribution in [0, 0.1) is 0 Å². The second kappa shape index (κ2) is 7.21. The molecule has 2 fully saturated rings. The Labute approximate surface area is 162 Å². The molecule has 0 aromatic heterocycles. The van der Waals surface area contributed by atoms with Gasteiger partial charge in [-0.15, -0.1) is 0 Å². The molecule has 4 rings (SSSR count). The summed E-state index contributed by atoms with van der Waals surface area (Å²) in [7, 11) is 0. The van der Waals surface area contributed by atoms with Crippen LogP contribution < -0.4 is 9.80 Å². The summed E-state index contributed by atoms with van der Waals surface area (Å²) in [6, 6.07) is 13.6. The number of halogens is 1. The van der Waals surface area contributed by atoms with Gasteiger partial charge in [-0.1, -0.05) is 23.7 Å². The van der Waals surface area contributed by atoms with E-state index in [2.05, 4.69) is 9.80 Å². The van der Waals surface area contributed by atoms with Crippen molar-refractivity contribution in [1.29, 1.82) is 0 Å². The molecule has 0 radical (unpaired) electrons. The fraction of sp³-hybridized carbons (Fsp3) is 0.300. The first-order valence-corrected chi connectivity index (χ1v) is 9.32. The number of nitrogens with zero attached hydrogens (tertiary/aromatic N) is 3. The second-order valence-electron chi connectivity index (χ2n) is 6.78. The summed E-state index contributed by atoms with van der Waals surface area (Å²) in [4.78, 5) is 30.9. The minimum atomic E-state index is -0.434. The summed E-state index contributed by atoms with van der Waals surface area (Å²) in [5.74, 6) is -0.169. The number of imide groups is 1. The topological polar surface area (TPSA) is 64.1 Å². The van der Waals surface area contributed by atoms with Crippen molar-refractivity contribution in [1.82, 2.24) is 4.90 Å². The molecule has 2 aromatic carbocycles. The lowest BCUT2D eigenvalue weighted by Crippen LogP contribution is -2.52. The lowest BCUT2D eigenvalue weighted by Gasteiger charge is -2.38. The molecule has 2 amide bonds. The maximum Gasteiger partial charge on any atom is 0.251 e. The van der Waals surface area contributed by atoms with Gasteiger partial charge in [-0.3, -0.25) is 14.5 Å². The third kappa shape index (κ3) is 3.38. The SMILES string of the molecule is O=C1C[C@H](N2CCN(c3ccc(O)cc3)CC2)C(=O)N1c1ccccc1Cl. The third-order valence-electron chi connectivity index (χ3n) is 5.19. The lowest BCUT2D eigenvalue weighted by molar-refractivity contribution is -0.123. The molecule has 0 aliphatic carbocycles. The average molecular weight is 386 g/mol. The van der Waals surface area contributed by atoms with Crippen LogP contribution in [0.4, 0.5) is 11.4 Å². The van der Waals surface area contributed by atoms with Crippen LogP contribution in [0.25, 0.3) is 0 Å². The molecule has 0 saturated carbocycles. The molecule has 6 nitrogen and oxygen atoms in total. The number of carbonyl (C=O) groups excluding carboxylic acids is 2. The first-order valence-electron chi connectivity index (χ1n) is 8.94. The second-order valence-corrected chi connectivity index (χ2v) is 7.19. The van der Waals surface area contributed by atoms with Gasteiger partial charge in [0.1, 0.15) is 5.75 Å². The van der Waals surface area contributed by atoms with Crippen LogP contribution in [-0.4, -0.2) is 54.0 Å². The van der Waals surface area contributed by atoms with E-state index in [9.17, 15) is 14.7 Å². The van der Waals surface area contributed by atoms with E-state index in [1.807, 2.05) is 12.1 Å². The van der Waals surface area contributed by atoms with Crippen LogP contribution in [0.2, 0.25) is 5.02 Å². The minimum Gasteiger partial charge on any atom is -0.508 e. The first-order chi connectivity index (χ1) is 13.0. The summed E-state index contributed by atoms with van der Waals surface area (Å²) >= 11 is 6.18. The standard InChI is InChI=1S/C20H20ClN3O3/c21-16-3-1-2-4-17(16)24-19(26)13-18(20(24)27)23-11-9-22(10-12-23)14-5-7-15(25)8-6-14/h1-8,18,25H,9-13H2/t18-/m0/s1. The van der Waals surface area contributed by atoms with Crippen LogP contribution in [0.5, 0.6) is 5.75 Å². The fourth-order valence-electron chi connectivity index (χ4n) is 3.74. The molecule has 7 heteroatoms. The van der Waals surface area contributed by atoms with Gasteiger partial charge in [0.05, 0.1) is 23.2 Å². The normalized spacial score (nSPS) is 21.1. The quantitative estimate of drug-likeness (QED) is 0.822. The van der Waals surface area contributed by atoms with Gasteiger partial charge in [0, 0.05) is 31.9 Å². The summed E-state index contributed by atoms with van der Waals surface area (Å²) in [5, 5.41) is 9.82. The fourth-order valence-corrected chi connectivity index (χ4v) is 3.96. The molecular formula is C20H20ClN3O3. The van der Waals surface area contributed by atoms with E-state index in [-0.39, 0.29) is 24.0 Å². The number of hydrogen-bond acceptors (Lipinski definition) is 5. The molecule has 2 saturated heterocycles. The van der Waals surface area contributed by atoms with Gasteiger partial charge in [-0.2, -0.15) is 0 Å². The molecular weight excluding hydrogens is 366 g/mol. The Hall–Kier alpha value is -2.57. The zero-order valence-electron chi connectivity index (χ0n) is 14.7. The monoisotopic (exact) mass is 385 g/mol. The molecule has 140 valence electrons. The van der Waals surface area contributed by atoms with Gasteiger partial charge < -0.3 is 10.0 Å². The summed E-state index contributed by atoms with van der Waals surface area (Å²) in [6.45, 7) is 2.91. The smallest absolute Gasteiger partial charge is 0.251 e. The summed E-state index contributed by atoms with van der Waals surface area (Å²) in [5.41, 5.74) is 1.50. The highest BCUT2D eigenvalue weighted by atomic mass is 35.5. The van der Waals surface area contributed by atoms with Crippen molar-refractivity contribution in [3.8, 4) is 5.75 Å². The van der Waals surface area contributed by atoms with E-state index < -0.39 is 6.04 Å². The molecule has 2 aliphatic heterocycles. The largest absolute Gasteiger partial charge is 0.508 e. The van der Waals surface area contributed by atoms with E-state index in [1.165, 1.54) is 4.90 Å². The predicted octanol–water partition coefficient (Wildman–Crippen LogP) is 2.50. The van der Waals surface area contributed by atoms with E-state index in [0.29, 0.717) is 23.8 Å². The Kier molecular flexibility index (Phi) is 4.76. The average Bonchev–Trinajstić information content (AvgIpc) is 2.97. The van der Waals surface area contributed by atoms with Gasteiger partial charge in [0.25, 0.3) is 5.91 Å². The molecule has 2 aliphatic rings. The number of anilines is 2. The number of benzene rings is 2. The number of phenolic OH excluding ortho intramolecular Hbond substituents is 1. The van der Waals surface area contributed by atoms with Crippen molar-refractivity contribution in [3.63, 3.8) is 0 Å².